The number of hydrogen-bond acceptors (Lipinski definition) is 2. The summed E-state index contributed by atoms with van der Waals surface area (Å²) in [7, 11) is 0. The van der Waals surface area contributed by atoms with Gasteiger partial charge >= 0.3 is 5.97 Å². The first-order chi connectivity index (χ1) is 9.16. The van der Waals surface area contributed by atoms with Crippen LogP contribution in [-0.2, 0) is 6.54 Å². The van der Waals surface area contributed by atoms with E-state index >= 15 is 0 Å². The highest BCUT2D eigenvalue weighted by molar-refractivity contribution is 5.88. The van der Waals surface area contributed by atoms with Gasteiger partial charge in [0.15, 0.2) is 0 Å². The Balaban J connectivity index is 2.01. The van der Waals surface area contributed by atoms with E-state index in [1.807, 2.05) is 18.3 Å². The van der Waals surface area contributed by atoms with Crippen LogP contribution >= 0.6 is 0 Å². The summed E-state index contributed by atoms with van der Waals surface area (Å²) in [4.78, 5) is 15.4. The van der Waals surface area contributed by atoms with Crippen molar-refractivity contribution in [3.63, 3.8) is 0 Å². The van der Waals surface area contributed by atoms with Crippen LogP contribution in [0.4, 0.5) is 0 Å². The Morgan fingerprint density at radius 3 is 2.79 bits per heavy atom. The van der Waals surface area contributed by atoms with E-state index in [9.17, 15) is 4.79 Å². The summed E-state index contributed by atoms with van der Waals surface area (Å²) in [6.07, 6.45) is 4.33. The van der Waals surface area contributed by atoms with Crippen LogP contribution in [0.15, 0.2) is 30.5 Å². The first-order valence-electron chi connectivity index (χ1n) is 6.56. The number of nitrogens with zero attached hydrogens (tertiary/aromatic N) is 2. The predicted octanol–water partition coefficient (Wildman–Crippen LogP) is 3.15. The third-order valence-electron chi connectivity index (χ3n) is 3.80. The van der Waals surface area contributed by atoms with Gasteiger partial charge in [-0.2, -0.15) is 0 Å². The lowest BCUT2D eigenvalue weighted by Crippen LogP contribution is -2.13. The Morgan fingerprint density at radius 2 is 2.11 bits per heavy atom. The van der Waals surface area contributed by atoms with Crippen molar-refractivity contribution >= 4 is 5.97 Å². The monoisotopic (exact) mass is 256 g/mol. The second kappa shape index (κ2) is 4.53. The summed E-state index contributed by atoms with van der Waals surface area (Å²) in [6.45, 7) is 3.22. The fourth-order valence-corrected chi connectivity index (χ4v) is 2.71. The molecule has 0 saturated carbocycles. The Labute approximate surface area is 111 Å². The van der Waals surface area contributed by atoms with Crippen molar-refractivity contribution in [2.24, 2.45) is 0 Å². The number of benzene rings is 1. The first kappa shape index (κ1) is 12.0. The molecule has 0 fully saturated rings. The lowest BCUT2D eigenvalue weighted by molar-refractivity contribution is 0.0697. The maximum absolute atomic E-state index is 10.9. The number of aromatic nitrogens is 2. The van der Waals surface area contributed by atoms with Crippen molar-refractivity contribution in [1.82, 2.24) is 9.55 Å². The van der Waals surface area contributed by atoms with Gasteiger partial charge in [0, 0.05) is 24.0 Å². The van der Waals surface area contributed by atoms with Crippen LogP contribution in [0.3, 0.4) is 0 Å². The van der Waals surface area contributed by atoms with E-state index in [-0.39, 0.29) is 0 Å². The molecule has 2 aromatic rings. The molecule has 1 aliphatic heterocycles. The highest BCUT2D eigenvalue weighted by Gasteiger charge is 2.20. The van der Waals surface area contributed by atoms with E-state index in [1.165, 1.54) is 18.5 Å². The summed E-state index contributed by atoms with van der Waals surface area (Å²) in [5.41, 5.74) is 2.57. The molecule has 4 nitrogen and oxygen atoms in total. The minimum absolute atomic E-state index is 0.308. The van der Waals surface area contributed by atoms with Gasteiger partial charge in [0.2, 0.25) is 0 Å². The maximum atomic E-state index is 10.9. The number of carboxylic acids is 1. The van der Waals surface area contributed by atoms with Gasteiger partial charge in [-0.25, -0.2) is 9.78 Å². The average Bonchev–Trinajstić information content (AvgIpc) is 2.84. The molecule has 19 heavy (non-hydrogen) atoms. The third kappa shape index (κ3) is 2.03. The van der Waals surface area contributed by atoms with Crippen molar-refractivity contribution in [3.8, 4) is 11.4 Å². The lowest BCUT2D eigenvalue weighted by atomic mass is 9.98. The predicted molar refractivity (Wildman–Crippen MR) is 72.3 cm³/mol. The Morgan fingerprint density at radius 1 is 1.37 bits per heavy atom. The summed E-state index contributed by atoms with van der Waals surface area (Å²) in [5.74, 6) is 0.595. The molecule has 1 atom stereocenters. The van der Waals surface area contributed by atoms with E-state index in [0.717, 1.165) is 17.9 Å². The second-order valence-electron chi connectivity index (χ2n) is 5.08. The molecule has 4 heteroatoms. The van der Waals surface area contributed by atoms with Crippen molar-refractivity contribution in [3.05, 3.63) is 41.7 Å². The summed E-state index contributed by atoms with van der Waals surface area (Å²) in [6, 6.07) is 6.92. The summed E-state index contributed by atoms with van der Waals surface area (Å²) >= 11 is 0. The molecule has 0 saturated heterocycles. The number of rotatable bonds is 2. The van der Waals surface area contributed by atoms with E-state index in [0.29, 0.717) is 11.5 Å². The molecular weight excluding hydrogens is 240 g/mol. The molecule has 3 rings (SSSR count). The van der Waals surface area contributed by atoms with Crippen molar-refractivity contribution in [2.75, 3.05) is 0 Å². The molecule has 1 aromatic heterocycles. The molecule has 1 unspecified atom stereocenters. The molecule has 1 aromatic carbocycles. The van der Waals surface area contributed by atoms with E-state index in [4.69, 9.17) is 5.11 Å². The molecule has 0 amide bonds. The molecule has 1 N–H and O–H groups in total. The highest BCUT2D eigenvalue weighted by atomic mass is 16.4. The Kier molecular flexibility index (Phi) is 2.85. The number of hydrogen-bond donors (Lipinski definition) is 1. The first-order valence-corrected chi connectivity index (χ1v) is 6.56. The van der Waals surface area contributed by atoms with Gasteiger partial charge in [-0.1, -0.05) is 19.1 Å². The zero-order valence-electron chi connectivity index (χ0n) is 10.8. The fraction of sp³-hybridized carbons (Fsp3) is 0.333. The van der Waals surface area contributed by atoms with Crippen molar-refractivity contribution in [1.29, 1.82) is 0 Å². The van der Waals surface area contributed by atoms with Crippen LogP contribution < -0.4 is 0 Å². The Bertz CT molecular complexity index is 614. The Hall–Kier alpha value is -2.10. The van der Waals surface area contributed by atoms with Gasteiger partial charge in [-0.3, -0.25) is 0 Å². The molecule has 0 aliphatic carbocycles. The van der Waals surface area contributed by atoms with Crippen molar-refractivity contribution < 1.29 is 9.90 Å². The maximum Gasteiger partial charge on any atom is 0.335 e. The minimum Gasteiger partial charge on any atom is -0.478 e. The van der Waals surface area contributed by atoms with Crippen LogP contribution in [0.5, 0.6) is 0 Å². The van der Waals surface area contributed by atoms with E-state index in [1.54, 1.807) is 12.1 Å². The fourth-order valence-electron chi connectivity index (χ4n) is 2.71. The van der Waals surface area contributed by atoms with Gasteiger partial charge in [0.05, 0.1) is 5.56 Å². The van der Waals surface area contributed by atoms with E-state index in [2.05, 4.69) is 16.5 Å². The number of carbonyl (C=O) groups is 1. The second-order valence-corrected chi connectivity index (χ2v) is 5.08. The average molecular weight is 256 g/mol. The van der Waals surface area contributed by atoms with Crippen LogP contribution in [0.2, 0.25) is 0 Å². The largest absolute Gasteiger partial charge is 0.478 e. The highest BCUT2D eigenvalue weighted by Crippen LogP contribution is 2.31. The van der Waals surface area contributed by atoms with Crippen LogP contribution in [0.1, 0.15) is 41.7 Å². The normalized spacial score (nSPS) is 18.1. The van der Waals surface area contributed by atoms with Gasteiger partial charge in [0.25, 0.3) is 0 Å². The van der Waals surface area contributed by atoms with Gasteiger partial charge in [-0.05, 0) is 30.9 Å². The lowest BCUT2D eigenvalue weighted by Gasteiger charge is -2.22. The zero-order valence-corrected chi connectivity index (χ0v) is 10.8. The zero-order chi connectivity index (χ0) is 13.4. The van der Waals surface area contributed by atoms with Gasteiger partial charge in [0.1, 0.15) is 5.82 Å². The molecular formula is C15H16N2O2. The summed E-state index contributed by atoms with van der Waals surface area (Å²) in [5, 5.41) is 8.91. The molecule has 2 heterocycles. The van der Waals surface area contributed by atoms with Crippen LogP contribution in [0.25, 0.3) is 11.4 Å². The molecule has 0 bridgehead atoms. The molecule has 0 spiro atoms. The van der Waals surface area contributed by atoms with E-state index < -0.39 is 5.97 Å². The minimum atomic E-state index is -0.898. The number of aromatic carboxylic acids is 1. The van der Waals surface area contributed by atoms with Gasteiger partial charge < -0.3 is 9.67 Å². The quantitative estimate of drug-likeness (QED) is 0.898. The summed E-state index contributed by atoms with van der Waals surface area (Å²) < 4.78 is 2.25. The van der Waals surface area contributed by atoms with Gasteiger partial charge in [-0.15, -0.1) is 0 Å². The molecule has 1 aliphatic rings. The van der Waals surface area contributed by atoms with Crippen LogP contribution in [-0.4, -0.2) is 20.6 Å². The standard InChI is InChI=1S/C15H16N2O2/c1-10-3-2-8-17-13(10)9-16-14(17)11-4-6-12(7-5-11)15(18)19/h4-7,9-10H,2-3,8H2,1H3,(H,18,19). The number of fused-ring (bicyclic) bond motifs is 1. The molecule has 98 valence electrons. The van der Waals surface area contributed by atoms with Crippen molar-refractivity contribution in [2.45, 2.75) is 32.2 Å². The topological polar surface area (TPSA) is 55.1 Å². The third-order valence-corrected chi connectivity index (χ3v) is 3.80. The molecule has 0 radical (unpaired) electrons. The number of carboxylic acid groups (broad SMARTS) is 1. The number of imidazole rings is 1. The van der Waals surface area contributed by atoms with Crippen LogP contribution in [0, 0.1) is 0 Å². The SMILES string of the molecule is CC1CCCn2c1cnc2-c1ccc(C(=O)O)cc1. The smallest absolute Gasteiger partial charge is 0.335 e.